The van der Waals surface area contributed by atoms with Crippen LogP contribution in [0.25, 0.3) is 0 Å². The summed E-state index contributed by atoms with van der Waals surface area (Å²) in [5, 5.41) is 3.96. The quantitative estimate of drug-likeness (QED) is 0.837. The topological polar surface area (TPSA) is 54.3 Å². The predicted molar refractivity (Wildman–Crippen MR) is 80.6 cm³/mol. The highest BCUT2D eigenvalue weighted by molar-refractivity contribution is 5.92. The first-order valence-corrected chi connectivity index (χ1v) is 7.42. The van der Waals surface area contributed by atoms with Gasteiger partial charge < -0.3 is 9.80 Å². The molecule has 0 unspecified atom stereocenters. The summed E-state index contributed by atoms with van der Waals surface area (Å²) in [7, 11) is 1.67. The fraction of sp³-hybridized carbons (Fsp3) is 0.400. The zero-order valence-corrected chi connectivity index (χ0v) is 13.0. The van der Waals surface area contributed by atoms with E-state index in [-0.39, 0.29) is 11.7 Å². The van der Waals surface area contributed by atoms with Crippen LogP contribution in [0.1, 0.15) is 16.1 Å². The molecular weight excluding hydrogens is 323 g/mol. The second-order valence-electron chi connectivity index (χ2n) is 5.49. The van der Waals surface area contributed by atoms with E-state index in [1.54, 1.807) is 22.9 Å². The molecule has 1 amide bonds. The van der Waals surface area contributed by atoms with Gasteiger partial charge in [-0.25, -0.2) is 4.98 Å². The lowest BCUT2D eigenvalue weighted by atomic mass is 10.2. The van der Waals surface area contributed by atoms with Crippen LogP contribution in [0.5, 0.6) is 0 Å². The molecule has 6 nitrogen and oxygen atoms in total. The molecule has 0 saturated carbocycles. The van der Waals surface area contributed by atoms with Crippen molar-refractivity contribution < 1.29 is 18.0 Å². The number of pyridine rings is 1. The van der Waals surface area contributed by atoms with Crippen LogP contribution in [-0.2, 0) is 13.2 Å². The number of carbonyl (C=O) groups is 1. The molecule has 1 aliphatic rings. The molecular formula is C15H16F3N5O. The van der Waals surface area contributed by atoms with E-state index >= 15 is 0 Å². The number of piperazine rings is 1. The van der Waals surface area contributed by atoms with Crippen LogP contribution >= 0.6 is 0 Å². The van der Waals surface area contributed by atoms with E-state index in [0.29, 0.717) is 31.9 Å². The highest BCUT2D eigenvalue weighted by atomic mass is 19.4. The third-order valence-electron chi connectivity index (χ3n) is 4.00. The molecule has 128 valence electrons. The molecule has 0 atom stereocenters. The standard InChI is InChI=1S/C15H16F3N5O/c1-21-12(4-6-20-21)14(24)23-9-7-22(8-10-23)13-11(15(16,17)18)3-2-5-19-13/h2-6H,7-10H2,1H3. The van der Waals surface area contributed by atoms with Gasteiger partial charge in [0, 0.05) is 45.6 Å². The van der Waals surface area contributed by atoms with Gasteiger partial charge in [-0.1, -0.05) is 0 Å². The number of carbonyl (C=O) groups excluding carboxylic acids is 1. The molecule has 9 heteroatoms. The van der Waals surface area contributed by atoms with Crippen LogP contribution in [0.2, 0.25) is 0 Å². The highest BCUT2D eigenvalue weighted by Crippen LogP contribution is 2.35. The van der Waals surface area contributed by atoms with E-state index in [0.717, 1.165) is 6.07 Å². The van der Waals surface area contributed by atoms with Gasteiger partial charge in [-0.2, -0.15) is 18.3 Å². The monoisotopic (exact) mass is 339 g/mol. The summed E-state index contributed by atoms with van der Waals surface area (Å²) in [5.74, 6) is -0.260. The van der Waals surface area contributed by atoms with Crippen LogP contribution in [0.4, 0.5) is 19.0 Å². The lowest BCUT2D eigenvalue weighted by molar-refractivity contribution is -0.137. The Morgan fingerprint density at radius 1 is 1.12 bits per heavy atom. The second-order valence-corrected chi connectivity index (χ2v) is 5.49. The van der Waals surface area contributed by atoms with Crippen LogP contribution in [-0.4, -0.2) is 51.8 Å². The van der Waals surface area contributed by atoms with Gasteiger partial charge in [0.25, 0.3) is 5.91 Å². The maximum atomic E-state index is 13.1. The van der Waals surface area contributed by atoms with E-state index in [2.05, 4.69) is 10.1 Å². The second kappa shape index (κ2) is 6.14. The summed E-state index contributed by atoms with van der Waals surface area (Å²) >= 11 is 0. The minimum atomic E-state index is -4.45. The number of nitrogens with zero attached hydrogens (tertiary/aromatic N) is 5. The fourth-order valence-corrected chi connectivity index (χ4v) is 2.74. The molecule has 0 aliphatic carbocycles. The lowest BCUT2D eigenvalue weighted by Crippen LogP contribution is -2.49. The molecule has 0 spiro atoms. The van der Waals surface area contributed by atoms with Crippen LogP contribution in [0, 0.1) is 0 Å². The molecule has 0 radical (unpaired) electrons. The van der Waals surface area contributed by atoms with Gasteiger partial charge in [0.1, 0.15) is 11.5 Å². The van der Waals surface area contributed by atoms with Crippen molar-refractivity contribution in [2.24, 2.45) is 7.05 Å². The maximum absolute atomic E-state index is 13.1. The Kier molecular flexibility index (Phi) is 4.16. The van der Waals surface area contributed by atoms with Crippen molar-refractivity contribution in [1.29, 1.82) is 0 Å². The van der Waals surface area contributed by atoms with Gasteiger partial charge in [0.05, 0.1) is 5.56 Å². The number of amides is 1. The first kappa shape index (κ1) is 16.3. The summed E-state index contributed by atoms with van der Waals surface area (Å²) in [6.07, 6.45) is -1.57. The average Bonchev–Trinajstić information content (AvgIpc) is 2.99. The van der Waals surface area contributed by atoms with Crippen molar-refractivity contribution in [3.8, 4) is 0 Å². The Hall–Kier alpha value is -2.58. The highest BCUT2D eigenvalue weighted by Gasteiger charge is 2.36. The van der Waals surface area contributed by atoms with Crippen molar-refractivity contribution in [3.63, 3.8) is 0 Å². The fourth-order valence-electron chi connectivity index (χ4n) is 2.74. The number of alkyl halides is 3. The maximum Gasteiger partial charge on any atom is 0.419 e. The van der Waals surface area contributed by atoms with E-state index in [1.807, 2.05) is 0 Å². The number of anilines is 1. The average molecular weight is 339 g/mol. The van der Waals surface area contributed by atoms with Gasteiger partial charge in [-0.3, -0.25) is 9.48 Å². The molecule has 2 aromatic heterocycles. The first-order valence-electron chi connectivity index (χ1n) is 7.42. The summed E-state index contributed by atoms with van der Waals surface area (Å²) in [4.78, 5) is 19.5. The zero-order chi connectivity index (χ0) is 17.3. The Morgan fingerprint density at radius 3 is 2.42 bits per heavy atom. The molecule has 0 bridgehead atoms. The molecule has 1 saturated heterocycles. The largest absolute Gasteiger partial charge is 0.419 e. The Balaban J connectivity index is 1.72. The zero-order valence-electron chi connectivity index (χ0n) is 13.0. The Bertz CT molecular complexity index is 735. The molecule has 3 rings (SSSR count). The number of aromatic nitrogens is 3. The third-order valence-corrected chi connectivity index (χ3v) is 4.00. The number of aryl methyl sites for hydroxylation is 1. The molecule has 3 heterocycles. The molecule has 1 fully saturated rings. The summed E-state index contributed by atoms with van der Waals surface area (Å²) in [5.41, 5.74) is -0.298. The van der Waals surface area contributed by atoms with Crippen LogP contribution in [0.15, 0.2) is 30.6 Å². The van der Waals surface area contributed by atoms with Crippen molar-refractivity contribution in [3.05, 3.63) is 41.9 Å². The number of hydrogen-bond donors (Lipinski definition) is 0. The smallest absolute Gasteiger partial charge is 0.353 e. The molecule has 24 heavy (non-hydrogen) atoms. The van der Waals surface area contributed by atoms with Gasteiger partial charge in [0.2, 0.25) is 0 Å². The lowest BCUT2D eigenvalue weighted by Gasteiger charge is -2.36. The van der Waals surface area contributed by atoms with Gasteiger partial charge >= 0.3 is 6.18 Å². The molecule has 1 aliphatic heterocycles. The molecule has 0 N–H and O–H groups in total. The SMILES string of the molecule is Cn1nccc1C(=O)N1CCN(c2ncccc2C(F)(F)F)CC1. The molecule has 2 aromatic rings. The Labute approximate surface area is 136 Å². The van der Waals surface area contributed by atoms with Crippen molar-refractivity contribution in [2.75, 3.05) is 31.1 Å². The van der Waals surface area contributed by atoms with Crippen molar-refractivity contribution in [2.45, 2.75) is 6.18 Å². The van der Waals surface area contributed by atoms with E-state index in [1.165, 1.54) is 23.1 Å². The Morgan fingerprint density at radius 2 is 1.83 bits per heavy atom. The number of rotatable bonds is 2. The summed E-state index contributed by atoms with van der Waals surface area (Å²) < 4.78 is 40.8. The van der Waals surface area contributed by atoms with E-state index in [4.69, 9.17) is 0 Å². The minimum Gasteiger partial charge on any atom is -0.353 e. The predicted octanol–water partition coefficient (Wildman–Crippen LogP) is 1.80. The van der Waals surface area contributed by atoms with Gasteiger partial charge in [0.15, 0.2) is 0 Å². The number of halogens is 3. The van der Waals surface area contributed by atoms with Crippen molar-refractivity contribution >= 4 is 11.7 Å². The first-order chi connectivity index (χ1) is 11.4. The van der Waals surface area contributed by atoms with Gasteiger partial charge in [-0.15, -0.1) is 0 Å². The van der Waals surface area contributed by atoms with E-state index in [9.17, 15) is 18.0 Å². The summed E-state index contributed by atoms with van der Waals surface area (Å²) in [6.45, 7) is 1.25. The van der Waals surface area contributed by atoms with Crippen LogP contribution < -0.4 is 4.90 Å². The van der Waals surface area contributed by atoms with Crippen LogP contribution in [0.3, 0.4) is 0 Å². The molecule has 0 aromatic carbocycles. The normalized spacial score (nSPS) is 15.7. The van der Waals surface area contributed by atoms with Gasteiger partial charge in [-0.05, 0) is 18.2 Å². The summed E-state index contributed by atoms with van der Waals surface area (Å²) in [6, 6.07) is 3.92. The number of hydrogen-bond acceptors (Lipinski definition) is 4. The third kappa shape index (κ3) is 3.06. The van der Waals surface area contributed by atoms with E-state index < -0.39 is 11.7 Å². The minimum absolute atomic E-state index is 0.0855. The van der Waals surface area contributed by atoms with Crippen molar-refractivity contribution in [1.82, 2.24) is 19.7 Å².